The van der Waals surface area contributed by atoms with Crippen LogP contribution in [0.2, 0.25) is 0 Å². The first-order chi connectivity index (χ1) is 8.31. The molecule has 3 nitrogen and oxygen atoms in total. The van der Waals surface area contributed by atoms with Gasteiger partial charge in [0, 0.05) is 11.1 Å². The van der Waals surface area contributed by atoms with Crippen molar-refractivity contribution in [3.63, 3.8) is 0 Å². The second kappa shape index (κ2) is 5.53. The molecule has 0 fully saturated rings. The highest BCUT2D eigenvalue weighted by Crippen LogP contribution is 2.20. The molecule has 90 valence electrons. The molecule has 2 rings (SSSR count). The fourth-order valence-electron chi connectivity index (χ4n) is 1.81. The van der Waals surface area contributed by atoms with Crippen LogP contribution < -0.4 is 4.74 Å². The zero-order valence-electron chi connectivity index (χ0n) is 9.94. The van der Waals surface area contributed by atoms with Crippen LogP contribution >= 0.6 is 0 Å². The average molecular weight is 232 g/mol. The van der Waals surface area contributed by atoms with Gasteiger partial charge in [0.2, 0.25) is 0 Å². The van der Waals surface area contributed by atoms with Gasteiger partial charge in [-0.15, -0.1) is 0 Å². The molecule has 1 aliphatic heterocycles. The minimum atomic E-state index is 0.0336. The fourth-order valence-corrected chi connectivity index (χ4v) is 1.81. The first-order valence-corrected chi connectivity index (χ1v) is 5.89. The van der Waals surface area contributed by atoms with E-state index in [0.717, 1.165) is 24.2 Å². The molecule has 0 atom stereocenters. The Hall–Kier alpha value is -1.77. The van der Waals surface area contributed by atoms with Crippen LogP contribution in [-0.4, -0.2) is 19.0 Å². The van der Waals surface area contributed by atoms with Crippen LogP contribution in [0.25, 0.3) is 0 Å². The third kappa shape index (κ3) is 2.87. The molecule has 0 amide bonds. The predicted molar refractivity (Wildman–Crippen MR) is 65.2 cm³/mol. The Morgan fingerprint density at radius 2 is 2.35 bits per heavy atom. The predicted octanol–water partition coefficient (Wildman–Crippen LogP) is 2.96. The fraction of sp³-hybridized carbons (Fsp3) is 0.357. The molecule has 1 aliphatic rings. The van der Waals surface area contributed by atoms with E-state index in [9.17, 15) is 4.79 Å². The van der Waals surface area contributed by atoms with Gasteiger partial charge in [-0.3, -0.25) is 4.79 Å². The first-order valence-electron chi connectivity index (χ1n) is 5.89. The molecule has 1 aromatic rings. The van der Waals surface area contributed by atoms with Crippen LogP contribution in [0.4, 0.5) is 0 Å². The van der Waals surface area contributed by atoms with Crippen LogP contribution in [0.1, 0.15) is 30.1 Å². The molecule has 0 saturated heterocycles. The summed E-state index contributed by atoms with van der Waals surface area (Å²) >= 11 is 0. The van der Waals surface area contributed by atoms with Gasteiger partial charge in [0.1, 0.15) is 5.75 Å². The van der Waals surface area contributed by atoms with E-state index >= 15 is 0 Å². The smallest absolute Gasteiger partial charge is 0.192 e. The number of hydrogen-bond acceptors (Lipinski definition) is 3. The summed E-state index contributed by atoms with van der Waals surface area (Å²) < 4.78 is 10.6. The van der Waals surface area contributed by atoms with Gasteiger partial charge in [0.25, 0.3) is 0 Å². The number of allylic oxidation sites excluding steroid dienone is 1. The zero-order chi connectivity index (χ0) is 12.1. The van der Waals surface area contributed by atoms with E-state index in [1.165, 1.54) is 0 Å². The van der Waals surface area contributed by atoms with Crippen molar-refractivity contribution < 1.29 is 14.3 Å². The molecular formula is C14H16O3. The van der Waals surface area contributed by atoms with Crippen molar-refractivity contribution in [1.82, 2.24) is 0 Å². The monoisotopic (exact) mass is 232 g/mol. The van der Waals surface area contributed by atoms with Gasteiger partial charge in [0.15, 0.2) is 5.78 Å². The molecule has 0 spiro atoms. The Kier molecular flexibility index (Phi) is 3.81. The summed E-state index contributed by atoms with van der Waals surface area (Å²) in [5, 5.41) is 0. The van der Waals surface area contributed by atoms with Crippen LogP contribution in [-0.2, 0) is 4.74 Å². The van der Waals surface area contributed by atoms with E-state index in [-0.39, 0.29) is 5.78 Å². The molecule has 3 heteroatoms. The molecular weight excluding hydrogens is 216 g/mol. The van der Waals surface area contributed by atoms with E-state index in [1.807, 2.05) is 19.1 Å². The first kappa shape index (κ1) is 11.7. The summed E-state index contributed by atoms with van der Waals surface area (Å²) in [7, 11) is 0. The van der Waals surface area contributed by atoms with Gasteiger partial charge < -0.3 is 9.47 Å². The number of Topliss-reactive ketones (excluding diaryl/α,β-unsaturated/α-hetero) is 1. The van der Waals surface area contributed by atoms with E-state index in [1.54, 1.807) is 18.4 Å². The largest absolute Gasteiger partial charge is 0.501 e. The molecule has 0 saturated carbocycles. The van der Waals surface area contributed by atoms with E-state index in [2.05, 4.69) is 0 Å². The third-order valence-corrected chi connectivity index (χ3v) is 2.63. The minimum absolute atomic E-state index is 0.0336. The van der Waals surface area contributed by atoms with Crippen LogP contribution in [0.5, 0.6) is 5.75 Å². The third-order valence-electron chi connectivity index (χ3n) is 2.63. The van der Waals surface area contributed by atoms with Crippen molar-refractivity contribution in [3.05, 3.63) is 41.7 Å². The summed E-state index contributed by atoms with van der Waals surface area (Å²) in [4.78, 5) is 12.2. The maximum absolute atomic E-state index is 12.2. The van der Waals surface area contributed by atoms with Gasteiger partial charge in [-0.1, -0.05) is 12.1 Å². The van der Waals surface area contributed by atoms with Gasteiger partial charge in [-0.25, -0.2) is 0 Å². The summed E-state index contributed by atoms with van der Waals surface area (Å²) in [6.45, 7) is 3.23. The number of hydrogen-bond donors (Lipinski definition) is 0. The summed E-state index contributed by atoms with van der Waals surface area (Å²) in [6.07, 6.45) is 3.28. The number of carbonyl (C=O) groups is 1. The lowest BCUT2D eigenvalue weighted by Crippen LogP contribution is -2.09. The molecule has 0 unspecified atom stereocenters. The lowest BCUT2D eigenvalue weighted by molar-refractivity contribution is 0.101. The molecule has 1 aromatic carbocycles. The molecule has 1 heterocycles. The van der Waals surface area contributed by atoms with E-state index in [0.29, 0.717) is 18.8 Å². The number of ketones is 1. The molecule has 0 aromatic heterocycles. The highest BCUT2D eigenvalue weighted by molar-refractivity contribution is 6.08. The van der Waals surface area contributed by atoms with Gasteiger partial charge in [-0.05, 0) is 31.9 Å². The minimum Gasteiger partial charge on any atom is -0.501 e. The Morgan fingerprint density at radius 3 is 3.06 bits per heavy atom. The molecule has 0 radical (unpaired) electrons. The maximum Gasteiger partial charge on any atom is 0.192 e. The standard InChI is InChI=1S/C14H16O3/c1-2-17-13-7-3-5-11(9-13)14(15)12-6-4-8-16-10-12/h3,5,7,9-10H,2,4,6,8H2,1H3. The highest BCUT2D eigenvalue weighted by Gasteiger charge is 2.15. The molecule has 17 heavy (non-hydrogen) atoms. The lowest BCUT2D eigenvalue weighted by atomic mass is 10.00. The number of rotatable bonds is 4. The van der Waals surface area contributed by atoms with Crippen molar-refractivity contribution in [2.45, 2.75) is 19.8 Å². The Bertz CT molecular complexity index is 435. The average Bonchev–Trinajstić information content (AvgIpc) is 2.40. The molecule has 0 bridgehead atoms. The normalized spacial score (nSPS) is 14.8. The SMILES string of the molecule is CCOc1cccc(C(=O)C2=COCCC2)c1. The van der Waals surface area contributed by atoms with Crippen LogP contribution in [0.15, 0.2) is 36.1 Å². The van der Waals surface area contributed by atoms with Crippen molar-refractivity contribution >= 4 is 5.78 Å². The van der Waals surface area contributed by atoms with E-state index < -0.39 is 0 Å². The number of benzene rings is 1. The number of carbonyl (C=O) groups excluding carboxylic acids is 1. The van der Waals surface area contributed by atoms with Gasteiger partial charge in [0.05, 0.1) is 19.5 Å². The quantitative estimate of drug-likeness (QED) is 0.749. The Balaban J connectivity index is 2.18. The lowest BCUT2D eigenvalue weighted by Gasteiger charge is -2.13. The second-order valence-corrected chi connectivity index (χ2v) is 3.91. The highest BCUT2D eigenvalue weighted by atomic mass is 16.5. The zero-order valence-corrected chi connectivity index (χ0v) is 9.94. The van der Waals surface area contributed by atoms with Crippen molar-refractivity contribution in [1.29, 1.82) is 0 Å². The van der Waals surface area contributed by atoms with Gasteiger partial charge in [-0.2, -0.15) is 0 Å². The van der Waals surface area contributed by atoms with E-state index in [4.69, 9.17) is 9.47 Å². The second-order valence-electron chi connectivity index (χ2n) is 3.91. The summed E-state index contributed by atoms with van der Waals surface area (Å²) in [5.41, 5.74) is 1.40. The van der Waals surface area contributed by atoms with Crippen molar-refractivity contribution in [2.75, 3.05) is 13.2 Å². The Labute approximate surface area is 101 Å². The van der Waals surface area contributed by atoms with Crippen LogP contribution in [0, 0.1) is 0 Å². The molecule has 0 N–H and O–H groups in total. The topological polar surface area (TPSA) is 35.5 Å². The van der Waals surface area contributed by atoms with Crippen molar-refractivity contribution in [3.8, 4) is 5.75 Å². The Morgan fingerprint density at radius 1 is 1.47 bits per heavy atom. The van der Waals surface area contributed by atoms with Crippen LogP contribution in [0.3, 0.4) is 0 Å². The maximum atomic E-state index is 12.2. The summed E-state index contributed by atoms with van der Waals surface area (Å²) in [6, 6.07) is 7.27. The van der Waals surface area contributed by atoms with Gasteiger partial charge >= 0.3 is 0 Å². The summed E-state index contributed by atoms with van der Waals surface area (Å²) in [5.74, 6) is 0.766. The van der Waals surface area contributed by atoms with Crippen molar-refractivity contribution in [2.24, 2.45) is 0 Å². The number of ether oxygens (including phenoxy) is 2. The molecule has 0 aliphatic carbocycles.